The number of amides is 2. The van der Waals surface area contributed by atoms with Crippen molar-refractivity contribution in [3.8, 4) is 0 Å². The summed E-state index contributed by atoms with van der Waals surface area (Å²) in [7, 11) is 0. The molecule has 7 heteroatoms. The smallest absolute Gasteiger partial charge is 0.319 e. The monoisotopic (exact) mass is 279 g/mol. The molecule has 1 aromatic rings. The highest BCUT2D eigenvalue weighted by molar-refractivity contribution is 5.90. The molecule has 0 spiro atoms. The Morgan fingerprint density at radius 1 is 1.55 bits per heavy atom. The lowest BCUT2D eigenvalue weighted by Gasteiger charge is -2.12. The summed E-state index contributed by atoms with van der Waals surface area (Å²) in [5.41, 5.74) is 1.21. The van der Waals surface area contributed by atoms with Crippen molar-refractivity contribution < 1.29 is 14.5 Å². The van der Waals surface area contributed by atoms with E-state index in [0.29, 0.717) is 17.8 Å². The standard InChI is InChI=1S/C13H17N3O4/c1-9-7-10(16(18)19)4-5-12(9)15-13(17)14-8-11-3-2-6-20-11/h4-5,7,11H,2-3,6,8H2,1H3,(H2,14,15,17). The van der Waals surface area contributed by atoms with Gasteiger partial charge in [-0.15, -0.1) is 0 Å². The Bertz CT molecular complexity index is 512. The maximum atomic E-state index is 11.7. The van der Waals surface area contributed by atoms with Crippen LogP contribution in [0.3, 0.4) is 0 Å². The zero-order valence-corrected chi connectivity index (χ0v) is 11.2. The van der Waals surface area contributed by atoms with Crippen molar-refractivity contribution >= 4 is 17.4 Å². The fraction of sp³-hybridized carbons (Fsp3) is 0.462. The van der Waals surface area contributed by atoms with Gasteiger partial charge in [-0.2, -0.15) is 0 Å². The van der Waals surface area contributed by atoms with Gasteiger partial charge in [-0.05, 0) is 31.4 Å². The Balaban J connectivity index is 1.88. The summed E-state index contributed by atoms with van der Waals surface area (Å²) in [6.45, 7) is 2.93. The predicted molar refractivity (Wildman–Crippen MR) is 73.8 cm³/mol. The van der Waals surface area contributed by atoms with Gasteiger partial charge < -0.3 is 15.4 Å². The number of nitrogens with one attached hydrogen (secondary N) is 2. The highest BCUT2D eigenvalue weighted by Crippen LogP contribution is 2.21. The molecule has 0 radical (unpaired) electrons. The number of benzene rings is 1. The minimum Gasteiger partial charge on any atom is -0.376 e. The highest BCUT2D eigenvalue weighted by atomic mass is 16.6. The number of ether oxygens (including phenoxy) is 1. The van der Waals surface area contributed by atoms with Crippen LogP contribution in [0.25, 0.3) is 0 Å². The first-order valence-electron chi connectivity index (χ1n) is 6.48. The summed E-state index contributed by atoms with van der Waals surface area (Å²) in [6, 6.07) is 3.98. The van der Waals surface area contributed by atoms with Crippen LogP contribution in [0, 0.1) is 17.0 Å². The van der Waals surface area contributed by atoms with E-state index in [1.807, 2.05) is 0 Å². The average Bonchev–Trinajstić information content (AvgIpc) is 2.91. The number of urea groups is 1. The molecule has 1 heterocycles. The van der Waals surface area contributed by atoms with Gasteiger partial charge in [-0.1, -0.05) is 0 Å². The average molecular weight is 279 g/mol. The zero-order valence-electron chi connectivity index (χ0n) is 11.2. The molecule has 1 saturated heterocycles. The van der Waals surface area contributed by atoms with Crippen molar-refractivity contribution in [2.45, 2.75) is 25.9 Å². The molecule has 0 saturated carbocycles. The predicted octanol–water partition coefficient (Wildman–Crippen LogP) is 2.20. The van der Waals surface area contributed by atoms with Crippen molar-refractivity contribution in [3.63, 3.8) is 0 Å². The second-order valence-corrected chi connectivity index (χ2v) is 4.73. The number of aryl methyl sites for hydroxylation is 1. The van der Waals surface area contributed by atoms with E-state index < -0.39 is 4.92 Å². The lowest BCUT2D eigenvalue weighted by atomic mass is 10.2. The Morgan fingerprint density at radius 3 is 2.95 bits per heavy atom. The second-order valence-electron chi connectivity index (χ2n) is 4.73. The summed E-state index contributed by atoms with van der Waals surface area (Å²) in [5.74, 6) is 0. The Morgan fingerprint density at radius 2 is 2.35 bits per heavy atom. The normalized spacial score (nSPS) is 17.8. The molecule has 0 bridgehead atoms. The van der Waals surface area contributed by atoms with Gasteiger partial charge in [0.1, 0.15) is 0 Å². The van der Waals surface area contributed by atoms with Crippen LogP contribution in [-0.2, 0) is 4.74 Å². The van der Waals surface area contributed by atoms with Crippen LogP contribution in [0.1, 0.15) is 18.4 Å². The van der Waals surface area contributed by atoms with E-state index in [-0.39, 0.29) is 17.8 Å². The maximum Gasteiger partial charge on any atom is 0.319 e. The fourth-order valence-electron chi connectivity index (χ4n) is 2.08. The quantitative estimate of drug-likeness (QED) is 0.652. The van der Waals surface area contributed by atoms with Crippen LogP contribution in [0.15, 0.2) is 18.2 Å². The minimum absolute atomic E-state index is 0.00723. The highest BCUT2D eigenvalue weighted by Gasteiger charge is 2.16. The molecule has 1 fully saturated rings. The van der Waals surface area contributed by atoms with E-state index in [4.69, 9.17) is 4.74 Å². The summed E-state index contributed by atoms with van der Waals surface area (Å²) in [4.78, 5) is 21.9. The van der Waals surface area contributed by atoms with Crippen LogP contribution in [-0.4, -0.2) is 30.2 Å². The number of nitrogens with zero attached hydrogens (tertiary/aromatic N) is 1. The van der Waals surface area contributed by atoms with Gasteiger partial charge in [0.25, 0.3) is 5.69 Å². The first-order valence-corrected chi connectivity index (χ1v) is 6.48. The zero-order chi connectivity index (χ0) is 14.5. The molecule has 1 unspecified atom stereocenters. The molecule has 20 heavy (non-hydrogen) atoms. The topological polar surface area (TPSA) is 93.5 Å². The van der Waals surface area contributed by atoms with Crippen molar-refractivity contribution in [1.29, 1.82) is 0 Å². The number of anilines is 1. The Labute approximate surface area is 116 Å². The van der Waals surface area contributed by atoms with Gasteiger partial charge in [0.15, 0.2) is 0 Å². The largest absolute Gasteiger partial charge is 0.376 e. The molecule has 1 atom stereocenters. The molecule has 1 aliphatic rings. The molecule has 1 aromatic carbocycles. The van der Waals surface area contributed by atoms with E-state index in [2.05, 4.69) is 10.6 Å². The number of hydrogen-bond donors (Lipinski definition) is 2. The van der Waals surface area contributed by atoms with Crippen LogP contribution < -0.4 is 10.6 Å². The molecule has 2 rings (SSSR count). The molecule has 0 aliphatic carbocycles. The maximum absolute atomic E-state index is 11.7. The summed E-state index contributed by atoms with van der Waals surface area (Å²) >= 11 is 0. The van der Waals surface area contributed by atoms with Crippen molar-refractivity contribution in [2.75, 3.05) is 18.5 Å². The SMILES string of the molecule is Cc1cc([N+](=O)[O-])ccc1NC(=O)NCC1CCCO1. The van der Waals surface area contributed by atoms with Crippen LogP contribution in [0.2, 0.25) is 0 Å². The van der Waals surface area contributed by atoms with Crippen LogP contribution in [0.5, 0.6) is 0 Å². The number of hydrogen-bond acceptors (Lipinski definition) is 4. The second kappa shape index (κ2) is 6.33. The molecule has 2 amide bonds. The van der Waals surface area contributed by atoms with Gasteiger partial charge in [0, 0.05) is 31.0 Å². The Hall–Kier alpha value is -2.15. The van der Waals surface area contributed by atoms with Gasteiger partial charge >= 0.3 is 6.03 Å². The first kappa shape index (κ1) is 14.3. The molecule has 2 N–H and O–H groups in total. The van der Waals surface area contributed by atoms with Gasteiger partial charge in [0.2, 0.25) is 0 Å². The molecular formula is C13H17N3O4. The molecule has 108 valence electrons. The van der Waals surface area contributed by atoms with E-state index in [0.717, 1.165) is 19.4 Å². The molecular weight excluding hydrogens is 262 g/mol. The lowest BCUT2D eigenvalue weighted by molar-refractivity contribution is -0.384. The fourth-order valence-corrected chi connectivity index (χ4v) is 2.08. The molecule has 7 nitrogen and oxygen atoms in total. The van der Waals surface area contributed by atoms with E-state index >= 15 is 0 Å². The van der Waals surface area contributed by atoms with Crippen molar-refractivity contribution in [1.82, 2.24) is 5.32 Å². The van der Waals surface area contributed by atoms with Gasteiger partial charge in [0.05, 0.1) is 11.0 Å². The summed E-state index contributed by atoms with van der Waals surface area (Å²) < 4.78 is 5.40. The van der Waals surface area contributed by atoms with E-state index in [9.17, 15) is 14.9 Å². The van der Waals surface area contributed by atoms with E-state index in [1.54, 1.807) is 6.92 Å². The molecule has 1 aliphatic heterocycles. The van der Waals surface area contributed by atoms with Crippen molar-refractivity contribution in [2.24, 2.45) is 0 Å². The number of carbonyl (C=O) groups excluding carboxylic acids is 1. The third-order valence-electron chi connectivity index (χ3n) is 3.18. The van der Waals surface area contributed by atoms with Crippen LogP contribution >= 0.6 is 0 Å². The number of nitro benzene ring substituents is 1. The third-order valence-corrected chi connectivity index (χ3v) is 3.18. The number of non-ortho nitro benzene ring substituents is 1. The van der Waals surface area contributed by atoms with E-state index in [1.165, 1.54) is 18.2 Å². The third kappa shape index (κ3) is 3.67. The number of rotatable bonds is 4. The Kier molecular flexibility index (Phi) is 4.52. The number of carbonyl (C=O) groups is 1. The molecule has 0 aromatic heterocycles. The van der Waals surface area contributed by atoms with Crippen LogP contribution in [0.4, 0.5) is 16.2 Å². The first-order chi connectivity index (χ1) is 9.56. The number of nitro groups is 1. The van der Waals surface area contributed by atoms with Crippen molar-refractivity contribution in [3.05, 3.63) is 33.9 Å². The minimum atomic E-state index is -0.464. The van der Waals surface area contributed by atoms with Gasteiger partial charge in [-0.25, -0.2) is 4.79 Å². The summed E-state index contributed by atoms with van der Waals surface area (Å²) in [6.07, 6.45) is 2.06. The lowest BCUT2D eigenvalue weighted by Crippen LogP contribution is -2.35. The summed E-state index contributed by atoms with van der Waals surface area (Å²) in [5, 5.41) is 16.0. The van der Waals surface area contributed by atoms with Gasteiger partial charge in [-0.3, -0.25) is 10.1 Å².